The molecule has 0 atom stereocenters. The molecular weight excluding hydrogens is 318 g/mol. The fraction of sp³-hybridized carbons (Fsp3) is 0.188. The van der Waals surface area contributed by atoms with Gasteiger partial charge in [-0.05, 0) is 24.6 Å². The minimum absolute atomic E-state index is 0.110. The molecule has 3 rings (SSSR count). The lowest BCUT2D eigenvalue weighted by Gasteiger charge is -2.04. The topological polar surface area (TPSA) is 56.3 Å². The van der Waals surface area contributed by atoms with Crippen molar-refractivity contribution in [3.63, 3.8) is 0 Å². The Morgan fingerprint density at radius 3 is 2.50 bits per heavy atom. The van der Waals surface area contributed by atoms with Crippen molar-refractivity contribution in [2.75, 3.05) is 6.61 Å². The summed E-state index contributed by atoms with van der Waals surface area (Å²) in [6.45, 7) is 1.82. The van der Waals surface area contributed by atoms with Crippen molar-refractivity contribution in [2.45, 2.75) is 12.7 Å². The molecule has 0 saturated carbocycles. The van der Waals surface area contributed by atoms with Crippen molar-refractivity contribution in [1.82, 2.24) is 4.98 Å². The highest BCUT2D eigenvalue weighted by Gasteiger charge is 2.12. The van der Waals surface area contributed by atoms with Gasteiger partial charge in [0, 0.05) is 5.56 Å². The van der Waals surface area contributed by atoms with Crippen LogP contribution in [0, 0.1) is 0 Å². The fourth-order valence-electron chi connectivity index (χ4n) is 2.16. The lowest BCUT2D eigenvalue weighted by Crippen LogP contribution is -2.08. The summed E-state index contributed by atoms with van der Waals surface area (Å²) in [5, 5.41) is 0.931. The highest BCUT2D eigenvalue weighted by Crippen LogP contribution is 2.30. The zero-order chi connectivity index (χ0) is 15.6. The molecule has 0 saturated heterocycles. The van der Waals surface area contributed by atoms with E-state index in [1.54, 1.807) is 30.4 Å². The summed E-state index contributed by atoms with van der Waals surface area (Å²) in [5.74, 6) is -0.110. The van der Waals surface area contributed by atoms with Crippen molar-refractivity contribution in [1.29, 1.82) is 0 Å². The molecular formula is C16H15NO3S2. The molecule has 0 spiro atoms. The molecule has 22 heavy (non-hydrogen) atoms. The number of benzene rings is 2. The molecule has 0 amide bonds. The van der Waals surface area contributed by atoms with Gasteiger partial charge in [0.1, 0.15) is 10.8 Å². The van der Waals surface area contributed by atoms with E-state index in [0.29, 0.717) is 5.56 Å². The second-order valence-corrected chi connectivity index (χ2v) is 7.46. The first-order valence-corrected chi connectivity index (χ1v) is 9.29. The highest BCUT2D eigenvalue weighted by atomic mass is 32.2. The Hall–Kier alpha value is -1.76. The Balaban J connectivity index is 1.85. The van der Waals surface area contributed by atoms with Crippen LogP contribution in [0.15, 0.2) is 48.5 Å². The van der Waals surface area contributed by atoms with Gasteiger partial charge in [0.2, 0.25) is 0 Å². The van der Waals surface area contributed by atoms with Crippen LogP contribution in [0.3, 0.4) is 0 Å². The van der Waals surface area contributed by atoms with E-state index in [1.165, 1.54) is 0 Å². The summed E-state index contributed by atoms with van der Waals surface area (Å²) in [6, 6.07) is 15.4. The smallest absolute Gasteiger partial charge is 0.270 e. The molecule has 0 radical (unpaired) electrons. The van der Waals surface area contributed by atoms with E-state index in [-0.39, 0.29) is 12.4 Å². The van der Waals surface area contributed by atoms with Crippen LogP contribution in [0.4, 0.5) is 0 Å². The maximum atomic E-state index is 11.6. The van der Waals surface area contributed by atoms with Gasteiger partial charge in [0.05, 0.1) is 16.8 Å². The molecule has 4 nitrogen and oxygen atoms in total. The molecule has 0 unspecified atom stereocenters. The van der Waals surface area contributed by atoms with Gasteiger partial charge in [-0.15, -0.1) is 11.3 Å². The molecule has 2 aromatic carbocycles. The number of thiazole rings is 1. The van der Waals surface area contributed by atoms with Crippen LogP contribution in [-0.4, -0.2) is 20.0 Å². The molecule has 0 aliphatic rings. The maximum Gasteiger partial charge on any atom is 0.271 e. The van der Waals surface area contributed by atoms with Crippen LogP contribution in [0.1, 0.15) is 12.5 Å². The lowest BCUT2D eigenvalue weighted by molar-refractivity contribution is 0.337. The molecule has 0 N–H and O–H groups in total. The van der Waals surface area contributed by atoms with Crippen molar-refractivity contribution >= 4 is 31.7 Å². The molecule has 114 valence electrons. The summed E-state index contributed by atoms with van der Waals surface area (Å²) in [5.41, 5.74) is 2.67. The Bertz CT molecular complexity index is 850. The molecule has 0 bridgehead atoms. The van der Waals surface area contributed by atoms with Crippen molar-refractivity contribution in [2.24, 2.45) is 0 Å². The SMILES string of the molecule is CCOS(=O)(=O)Cc1ccc(-c2nc3ccccc3s2)cc1. The second-order valence-electron chi connectivity index (χ2n) is 4.79. The Morgan fingerprint density at radius 1 is 1.09 bits per heavy atom. The molecule has 1 heterocycles. The Kier molecular flexibility index (Phi) is 4.24. The third-order valence-corrected chi connectivity index (χ3v) is 5.50. The number of rotatable bonds is 5. The number of aromatic nitrogens is 1. The Labute approximate surface area is 133 Å². The van der Waals surface area contributed by atoms with Gasteiger partial charge in [0.15, 0.2) is 0 Å². The minimum atomic E-state index is -3.50. The van der Waals surface area contributed by atoms with E-state index >= 15 is 0 Å². The molecule has 0 aliphatic heterocycles. The van der Waals surface area contributed by atoms with Crippen LogP contribution in [-0.2, 0) is 20.1 Å². The summed E-state index contributed by atoms with van der Waals surface area (Å²) in [4.78, 5) is 4.59. The quantitative estimate of drug-likeness (QED) is 0.666. The number of nitrogens with zero attached hydrogens (tertiary/aromatic N) is 1. The van der Waals surface area contributed by atoms with E-state index in [9.17, 15) is 8.42 Å². The van der Waals surface area contributed by atoms with Crippen LogP contribution in [0.5, 0.6) is 0 Å². The third kappa shape index (κ3) is 3.35. The first kappa shape index (κ1) is 15.1. The standard InChI is InChI=1S/C16H15NO3S2/c1-2-20-22(18,19)11-12-7-9-13(10-8-12)16-17-14-5-3-4-6-15(14)21-16/h3-10H,2,11H2,1H3. The van der Waals surface area contributed by atoms with E-state index < -0.39 is 10.1 Å². The van der Waals surface area contributed by atoms with E-state index in [4.69, 9.17) is 4.18 Å². The van der Waals surface area contributed by atoms with Crippen molar-refractivity contribution < 1.29 is 12.6 Å². The fourth-order valence-corrected chi connectivity index (χ4v) is 4.18. The highest BCUT2D eigenvalue weighted by molar-refractivity contribution is 7.85. The van der Waals surface area contributed by atoms with Gasteiger partial charge in [0.25, 0.3) is 10.1 Å². The first-order chi connectivity index (χ1) is 10.6. The zero-order valence-corrected chi connectivity index (χ0v) is 13.7. The van der Waals surface area contributed by atoms with E-state index in [2.05, 4.69) is 4.98 Å². The number of fused-ring (bicyclic) bond motifs is 1. The van der Waals surface area contributed by atoms with Gasteiger partial charge >= 0.3 is 0 Å². The van der Waals surface area contributed by atoms with Crippen LogP contribution in [0.2, 0.25) is 0 Å². The maximum absolute atomic E-state index is 11.6. The second kappa shape index (κ2) is 6.16. The van der Waals surface area contributed by atoms with Crippen molar-refractivity contribution in [3.8, 4) is 10.6 Å². The lowest BCUT2D eigenvalue weighted by atomic mass is 10.2. The molecule has 3 aromatic rings. The minimum Gasteiger partial charge on any atom is -0.270 e. The van der Waals surface area contributed by atoms with Gasteiger partial charge in [-0.25, -0.2) is 4.98 Å². The predicted octanol–water partition coefficient (Wildman–Crippen LogP) is 3.83. The van der Waals surface area contributed by atoms with Gasteiger partial charge in [-0.1, -0.05) is 36.4 Å². The van der Waals surface area contributed by atoms with Crippen molar-refractivity contribution in [3.05, 3.63) is 54.1 Å². The first-order valence-electron chi connectivity index (χ1n) is 6.89. The molecule has 6 heteroatoms. The third-order valence-electron chi connectivity index (χ3n) is 3.14. The number of hydrogen-bond donors (Lipinski definition) is 0. The summed E-state index contributed by atoms with van der Waals surface area (Å²) in [7, 11) is -3.50. The number of para-hydroxylation sites is 1. The van der Waals surface area contributed by atoms with Gasteiger partial charge < -0.3 is 0 Å². The number of hydrogen-bond acceptors (Lipinski definition) is 5. The molecule has 0 fully saturated rings. The average molecular weight is 333 g/mol. The van der Waals surface area contributed by atoms with E-state index in [0.717, 1.165) is 20.8 Å². The normalized spacial score (nSPS) is 11.9. The molecule has 0 aliphatic carbocycles. The van der Waals surface area contributed by atoms with E-state index in [1.807, 2.05) is 36.4 Å². The van der Waals surface area contributed by atoms with Gasteiger partial charge in [-0.3, -0.25) is 4.18 Å². The average Bonchev–Trinajstić information content (AvgIpc) is 2.91. The van der Waals surface area contributed by atoms with Crippen LogP contribution >= 0.6 is 11.3 Å². The van der Waals surface area contributed by atoms with Gasteiger partial charge in [-0.2, -0.15) is 8.42 Å². The summed E-state index contributed by atoms with van der Waals surface area (Å²) >= 11 is 1.62. The largest absolute Gasteiger partial charge is 0.271 e. The van der Waals surface area contributed by atoms with Crippen LogP contribution in [0.25, 0.3) is 20.8 Å². The molecule has 1 aromatic heterocycles. The zero-order valence-electron chi connectivity index (χ0n) is 12.0. The van der Waals surface area contributed by atoms with Crippen LogP contribution < -0.4 is 0 Å². The predicted molar refractivity (Wildman–Crippen MR) is 89.3 cm³/mol. The Morgan fingerprint density at radius 2 is 1.82 bits per heavy atom. The monoisotopic (exact) mass is 333 g/mol. The summed E-state index contributed by atoms with van der Waals surface area (Å²) in [6.07, 6.45) is 0. The summed E-state index contributed by atoms with van der Waals surface area (Å²) < 4.78 is 29.2.